The van der Waals surface area contributed by atoms with E-state index in [1.165, 1.54) is 6.92 Å². The van der Waals surface area contributed by atoms with Crippen LogP contribution < -0.4 is 4.89 Å². The van der Waals surface area contributed by atoms with E-state index in [0.717, 1.165) is 10.9 Å². The van der Waals surface area contributed by atoms with Gasteiger partial charge in [0.25, 0.3) is 0 Å². The van der Waals surface area contributed by atoms with Crippen molar-refractivity contribution >= 4 is 21.9 Å². The summed E-state index contributed by atoms with van der Waals surface area (Å²) in [7, 11) is 0. The molecule has 0 saturated heterocycles. The Morgan fingerprint density at radius 2 is 2.31 bits per heavy atom. The molecular formula is C9H9BrO3. The quantitative estimate of drug-likeness (QED) is 0.466. The van der Waals surface area contributed by atoms with Gasteiger partial charge in [0.15, 0.2) is 5.75 Å². The zero-order valence-electron chi connectivity index (χ0n) is 7.12. The summed E-state index contributed by atoms with van der Waals surface area (Å²) in [5, 5.41) is 0.740. The summed E-state index contributed by atoms with van der Waals surface area (Å²) in [6.45, 7) is 1.29. The van der Waals surface area contributed by atoms with Gasteiger partial charge in [-0.2, -0.15) is 0 Å². The molecule has 0 aliphatic rings. The first-order valence-electron chi connectivity index (χ1n) is 3.72. The van der Waals surface area contributed by atoms with Crippen LogP contribution in [0.25, 0.3) is 0 Å². The average Bonchev–Trinajstić information content (AvgIpc) is 2.15. The number of halogens is 1. The predicted octanol–water partition coefficient (Wildman–Crippen LogP) is 2.44. The van der Waals surface area contributed by atoms with Crippen LogP contribution in [0.3, 0.4) is 0 Å². The van der Waals surface area contributed by atoms with Crippen LogP contribution in [0.15, 0.2) is 24.3 Å². The maximum Gasteiger partial charge on any atom is 0.352 e. The molecule has 0 atom stereocenters. The third-order valence-electron chi connectivity index (χ3n) is 1.31. The van der Waals surface area contributed by atoms with Gasteiger partial charge in [-0.1, -0.05) is 28.1 Å². The molecule has 0 radical (unpaired) electrons. The van der Waals surface area contributed by atoms with Crippen LogP contribution in [-0.4, -0.2) is 5.97 Å². The highest BCUT2D eigenvalue weighted by Gasteiger charge is 1.98. The van der Waals surface area contributed by atoms with Crippen molar-refractivity contribution in [3.05, 3.63) is 29.8 Å². The number of benzene rings is 1. The van der Waals surface area contributed by atoms with Crippen LogP contribution in [0.1, 0.15) is 12.5 Å². The molecule has 1 aromatic carbocycles. The molecule has 0 N–H and O–H groups in total. The van der Waals surface area contributed by atoms with Crippen LogP contribution >= 0.6 is 15.9 Å². The van der Waals surface area contributed by atoms with Gasteiger partial charge < -0.3 is 0 Å². The Morgan fingerprint density at radius 3 is 2.92 bits per heavy atom. The molecular weight excluding hydrogens is 236 g/mol. The molecule has 13 heavy (non-hydrogen) atoms. The van der Waals surface area contributed by atoms with E-state index in [0.29, 0.717) is 5.75 Å². The summed E-state index contributed by atoms with van der Waals surface area (Å²) in [4.78, 5) is 19.5. The maximum absolute atomic E-state index is 10.4. The van der Waals surface area contributed by atoms with Crippen molar-refractivity contribution in [3.8, 4) is 5.75 Å². The van der Waals surface area contributed by atoms with Gasteiger partial charge in [0, 0.05) is 12.3 Å². The summed E-state index contributed by atoms with van der Waals surface area (Å²) in [6.07, 6.45) is 0. The molecule has 3 nitrogen and oxygen atoms in total. The normalized spacial score (nSPS) is 9.38. The number of alkyl halides is 1. The van der Waals surface area contributed by atoms with E-state index in [4.69, 9.17) is 4.89 Å². The topological polar surface area (TPSA) is 35.5 Å². The molecule has 0 heterocycles. The molecule has 0 aliphatic heterocycles. The van der Waals surface area contributed by atoms with Crippen LogP contribution in [0.4, 0.5) is 0 Å². The molecule has 0 amide bonds. The summed E-state index contributed by atoms with van der Waals surface area (Å²) < 4.78 is 0. The molecule has 0 aliphatic carbocycles. The smallest absolute Gasteiger partial charge is 0.287 e. The van der Waals surface area contributed by atoms with Crippen molar-refractivity contribution in [3.63, 3.8) is 0 Å². The van der Waals surface area contributed by atoms with Crippen molar-refractivity contribution in [1.82, 2.24) is 0 Å². The fourth-order valence-electron chi connectivity index (χ4n) is 0.787. The first kappa shape index (κ1) is 10.1. The van der Waals surface area contributed by atoms with E-state index >= 15 is 0 Å². The van der Waals surface area contributed by atoms with E-state index in [2.05, 4.69) is 20.8 Å². The van der Waals surface area contributed by atoms with E-state index in [1.54, 1.807) is 12.1 Å². The van der Waals surface area contributed by atoms with Gasteiger partial charge >= 0.3 is 5.97 Å². The molecule has 0 bridgehead atoms. The number of hydrogen-bond acceptors (Lipinski definition) is 3. The number of carbonyl (C=O) groups excluding carboxylic acids is 1. The lowest BCUT2D eigenvalue weighted by Gasteiger charge is -2.02. The van der Waals surface area contributed by atoms with Gasteiger partial charge in [-0.3, -0.25) is 9.78 Å². The molecule has 1 aromatic rings. The second-order valence-corrected chi connectivity index (χ2v) is 3.00. The van der Waals surface area contributed by atoms with E-state index in [1.807, 2.05) is 12.1 Å². The van der Waals surface area contributed by atoms with Crippen molar-refractivity contribution in [2.24, 2.45) is 0 Å². The average molecular weight is 245 g/mol. The minimum Gasteiger partial charge on any atom is -0.287 e. The summed E-state index contributed by atoms with van der Waals surface area (Å²) in [6, 6.07) is 7.28. The van der Waals surface area contributed by atoms with Crippen LogP contribution in [0, 0.1) is 0 Å². The molecule has 0 fully saturated rings. The molecule has 0 aromatic heterocycles. The Hall–Kier alpha value is -1.03. The molecule has 0 unspecified atom stereocenters. The third kappa shape index (κ3) is 3.46. The lowest BCUT2D eigenvalue weighted by Crippen LogP contribution is -2.02. The van der Waals surface area contributed by atoms with E-state index in [-0.39, 0.29) is 0 Å². The van der Waals surface area contributed by atoms with Gasteiger partial charge in [-0.15, -0.1) is 0 Å². The fourth-order valence-corrected chi connectivity index (χ4v) is 1.14. The molecule has 0 saturated carbocycles. The second-order valence-electron chi connectivity index (χ2n) is 2.44. The van der Waals surface area contributed by atoms with Gasteiger partial charge in [0.2, 0.25) is 0 Å². The number of hydrogen-bond donors (Lipinski definition) is 0. The molecule has 70 valence electrons. The lowest BCUT2D eigenvalue weighted by atomic mass is 10.2. The SMILES string of the molecule is CC(=O)OOc1cccc(CBr)c1. The van der Waals surface area contributed by atoms with E-state index in [9.17, 15) is 4.79 Å². The van der Waals surface area contributed by atoms with Crippen LogP contribution in [0.5, 0.6) is 5.75 Å². The molecule has 1 rings (SSSR count). The summed E-state index contributed by atoms with van der Waals surface area (Å²) >= 11 is 3.31. The Kier molecular flexibility index (Phi) is 3.76. The maximum atomic E-state index is 10.4. The predicted molar refractivity (Wildman–Crippen MR) is 51.5 cm³/mol. The zero-order chi connectivity index (χ0) is 9.68. The number of carbonyl (C=O) groups is 1. The molecule has 4 heteroatoms. The van der Waals surface area contributed by atoms with Gasteiger partial charge in [0.05, 0.1) is 0 Å². The summed E-state index contributed by atoms with van der Waals surface area (Å²) in [5.41, 5.74) is 1.06. The van der Waals surface area contributed by atoms with Crippen LogP contribution in [-0.2, 0) is 15.0 Å². The van der Waals surface area contributed by atoms with Gasteiger partial charge in [-0.25, -0.2) is 4.79 Å². The monoisotopic (exact) mass is 244 g/mol. The summed E-state index contributed by atoms with van der Waals surface area (Å²) in [5.74, 6) is 0.0522. The zero-order valence-corrected chi connectivity index (χ0v) is 8.71. The second kappa shape index (κ2) is 4.87. The highest BCUT2D eigenvalue weighted by atomic mass is 79.9. The first-order valence-corrected chi connectivity index (χ1v) is 4.84. The highest BCUT2D eigenvalue weighted by molar-refractivity contribution is 9.08. The van der Waals surface area contributed by atoms with E-state index < -0.39 is 5.97 Å². The van der Waals surface area contributed by atoms with Gasteiger partial charge in [-0.05, 0) is 17.7 Å². The Labute approximate surface area is 84.7 Å². The van der Waals surface area contributed by atoms with Crippen LogP contribution in [0.2, 0.25) is 0 Å². The van der Waals surface area contributed by atoms with Crippen molar-refractivity contribution in [2.45, 2.75) is 12.3 Å². The number of rotatable bonds is 3. The standard InChI is InChI=1S/C9H9BrO3/c1-7(11)12-13-9-4-2-3-8(5-9)6-10/h2-5H,6H2,1H3. The Morgan fingerprint density at radius 1 is 1.54 bits per heavy atom. The molecule has 0 spiro atoms. The van der Waals surface area contributed by atoms with Crippen molar-refractivity contribution < 1.29 is 14.6 Å². The Bertz CT molecular complexity index is 299. The minimum absolute atomic E-state index is 0.468. The third-order valence-corrected chi connectivity index (χ3v) is 1.96. The van der Waals surface area contributed by atoms with Gasteiger partial charge in [0.1, 0.15) is 0 Å². The lowest BCUT2D eigenvalue weighted by molar-refractivity contribution is -0.210. The largest absolute Gasteiger partial charge is 0.352 e. The van der Waals surface area contributed by atoms with Crippen molar-refractivity contribution in [2.75, 3.05) is 0 Å². The first-order chi connectivity index (χ1) is 6.22. The Balaban J connectivity index is 2.61. The minimum atomic E-state index is -0.468. The fraction of sp³-hybridized carbons (Fsp3) is 0.222. The highest BCUT2D eigenvalue weighted by Crippen LogP contribution is 2.15. The van der Waals surface area contributed by atoms with Crippen molar-refractivity contribution in [1.29, 1.82) is 0 Å².